The van der Waals surface area contributed by atoms with Gasteiger partial charge in [-0.15, -0.1) is 11.3 Å². The molecule has 0 aliphatic carbocycles. The molecule has 0 radical (unpaired) electrons. The third kappa shape index (κ3) is 4.28. The van der Waals surface area contributed by atoms with Crippen molar-refractivity contribution in [2.24, 2.45) is 0 Å². The number of aliphatic hydroxyl groups is 1. The van der Waals surface area contributed by atoms with Gasteiger partial charge in [-0.2, -0.15) is 0 Å². The highest BCUT2D eigenvalue weighted by atomic mass is 32.1. The van der Waals surface area contributed by atoms with Gasteiger partial charge in [-0.05, 0) is 29.9 Å². The standard InChI is InChI=1S/C18H26FN3O2S/c1-3-12-11-25-17-14(12)4-6-20-18(17)21-16-5-7-22(9-15(16)19)8-13(23)10-24-2/h4,6,11,13,15-16,23H,3,5,7-10H2,1-2H3,(H,20,21). The number of aromatic nitrogens is 1. The minimum atomic E-state index is -0.994. The summed E-state index contributed by atoms with van der Waals surface area (Å²) in [6, 6.07) is 1.78. The van der Waals surface area contributed by atoms with E-state index in [1.807, 2.05) is 11.0 Å². The third-order valence-corrected chi connectivity index (χ3v) is 5.78. The maximum absolute atomic E-state index is 14.7. The van der Waals surface area contributed by atoms with Crippen molar-refractivity contribution in [3.8, 4) is 0 Å². The predicted molar refractivity (Wildman–Crippen MR) is 100 cm³/mol. The van der Waals surface area contributed by atoms with E-state index >= 15 is 0 Å². The zero-order valence-corrected chi connectivity index (χ0v) is 15.6. The number of methoxy groups -OCH3 is 1. The number of fused-ring (bicyclic) bond motifs is 1. The van der Waals surface area contributed by atoms with Gasteiger partial charge in [0.15, 0.2) is 0 Å². The number of piperidine rings is 1. The second-order valence-corrected chi connectivity index (χ2v) is 7.45. The highest BCUT2D eigenvalue weighted by molar-refractivity contribution is 7.18. The van der Waals surface area contributed by atoms with Crippen LogP contribution in [0.15, 0.2) is 17.6 Å². The summed E-state index contributed by atoms with van der Waals surface area (Å²) in [5, 5.41) is 16.5. The summed E-state index contributed by atoms with van der Waals surface area (Å²) in [7, 11) is 1.56. The summed E-state index contributed by atoms with van der Waals surface area (Å²) in [6.45, 7) is 3.93. The lowest BCUT2D eigenvalue weighted by atomic mass is 10.0. The Morgan fingerprint density at radius 2 is 2.40 bits per heavy atom. The molecule has 3 heterocycles. The molecule has 138 valence electrons. The number of anilines is 1. The maximum Gasteiger partial charge on any atom is 0.144 e. The highest BCUT2D eigenvalue weighted by Crippen LogP contribution is 2.32. The third-order valence-electron chi connectivity index (χ3n) is 4.73. The van der Waals surface area contributed by atoms with Gasteiger partial charge in [0.1, 0.15) is 12.0 Å². The molecule has 0 amide bonds. The molecule has 7 heteroatoms. The number of pyridine rings is 1. The molecular formula is C18H26FN3O2S. The number of rotatable bonds is 7. The average Bonchev–Trinajstić information content (AvgIpc) is 3.01. The van der Waals surface area contributed by atoms with Crippen LogP contribution >= 0.6 is 11.3 Å². The highest BCUT2D eigenvalue weighted by Gasteiger charge is 2.30. The van der Waals surface area contributed by atoms with Gasteiger partial charge in [0.25, 0.3) is 0 Å². The number of ether oxygens (including phenoxy) is 1. The molecule has 3 unspecified atom stereocenters. The smallest absolute Gasteiger partial charge is 0.144 e. The Balaban J connectivity index is 1.64. The van der Waals surface area contributed by atoms with E-state index in [9.17, 15) is 9.50 Å². The van der Waals surface area contributed by atoms with Crippen molar-refractivity contribution in [1.82, 2.24) is 9.88 Å². The Hall–Kier alpha value is -1.28. The molecule has 1 saturated heterocycles. The van der Waals surface area contributed by atoms with Crippen molar-refractivity contribution in [2.45, 2.75) is 38.1 Å². The van der Waals surface area contributed by atoms with Crippen molar-refractivity contribution in [1.29, 1.82) is 0 Å². The number of aryl methyl sites for hydroxylation is 1. The van der Waals surface area contributed by atoms with E-state index in [0.29, 0.717) is 19.5 Å². The summed E-state index contributed by atoms with van der Waals surface area (Å²) in [4.78, 5) is 6.40. The summed E-state index contributed by atoms with van der Waals surface area (Å²) in [5.41, 5.74) is 1.31. The van der Waals surface area contributed by atoms with Gasteiger partial charge in [-0.1, -0.05) is 6.92 Å². The quantitative estimate of drug-likeness (QED) is 0.788. The van der Waals surface area contributed by atoms with Gasteiger partial charge in [0.2, 0.25) is 0 Å². The maximum atomic E-state index is 14.7. The van der Waals surface area contributed by atoms with Crippen molar-refractivity contribution in [3.63, 3.8) is 0 Å². The van der Waals surface area contributed by atoms with Crippen LogP contribution in [0.1, 0.15) is 18.9 Å². The number of likely N-dealkylation sites (tertiary alicyclic amines) is 1. The van der Waals surface area contributed by atoms with Crippen LogP contribution in [0.25, 0.3) is 10.1 Å². The summed E-state index contributed by atoms with van der Waals surface area (Å²) in [6.07, 6.45) is 1.89. The molecule has 25 heavy (non-hydrogen) atoms. The molecule has 0 spiro atoms. The van der Waals surface area contributed by atoms with Gasteiger partial charge in [0, 0.05) is 38.3 Å². The SMILES string of the molecule is CCc1csc2c(NC3CCN(CC(O)COC)CC3F)nccc12. The molecule has 2 N–H and O–H groups in total. The first-order chi connectivity index (χ1) is 12.1. The molecular weight excluding hydrogens is 341 g/mol. The first-order valence-electron chi connectivity index (χ1n) is 8.77. The summed E-state index contributed by atoms with van der Waals surface area (Å²) >= 11 is 1.66. The molecule has 0 aromatic carbocycles. The minimum Gasteiger partial charge on any atom is -0.389 e. The van der Waals surface area contributed by atoms with E-state index in [2.05, 4.69) is 22.6 Å². The predicted octanol–water partition coefficient (Wildman–Crippen LogP) is 2.69. The van der Waals surface area contributed by atoms with Crippen LogP contribution in [0.3, 0.4) is 0 Å². The monoisotopic (exact) mass is 367 g/mol. The fourth-order valence-electron chi connectivity index (χ4n) is 3.41. The molecule has 0 bridgehead atoms. The van der Waals surface area contributed by atoms with Crippen LogP contribution in [0.5, 0.6) is 0 Å². The topological polar surface area (TPSA) is 57.6 Å². The Kier molecular flexibility index (Phi) is 6.22. The fourth-order valence-corrected chi connectivity index (χ4v) is 4.51. The van der Waals surface area contributed by atoms with E-state index in [-0.39, 0.29) is 12.6 Å². The van der Waals surface area contributed by atoms with Crippen LogP contribution in [0.4, 0.5) is 10.2 Å². The molecule has 0 saturated carbocycles. The van der Waals surface area contributed by atoms with E-state index in [1.165, 1.54) is 10.9 Å². The van der Waals surface area contributed by atoms with Crippen molar-refractivity contribution in [2.75, 3.05) is 38.7 Å². The summed E-state index contributed by atoms with van der Waals surface area (Å²) < 4.78 is 20.7. The first kappa shape index (κ1) is 18.5. The van der Waals surface area contributed by atoms with Gasteiger partial charge in [-0.3, -0.25) is 4.90 Å². The number of hydrogen-bond acceptors (Lipinski definition) is 6. The first-order valence-corrected chi connectivity index (χ1v) is 9.65. The normalized spacial score (nSPS) is 23.0. The van der Waals surface area contributed by atoms with E-state index < -0.39 is 12.3 Å². The number of halogens is 1. The molecule has 2 aromatic heterocycles. The molecule has 5 nitrogen and oxygen atoms in total. The molecule has 1 aliphatic rings. The van der Waals surface area contributed by atoms with Gasteiger partial charge < -0.3 is 15.2 Å². The van der Waals surface area contributed by atoms with Crippen LogP contribution in [-0.2, 0) is 11.2 Å². The largest absolute Gasteiger partial charge is 0.389 e. The fraction of sp³-hybridized carbons (Fsp3) is 0.611. The van der Waals surface area contributed by atoms with E-state index in [1.54, 1.807) is 24.6 Å². The lowest BCUT2D eigenvalue weighted by Crippen LogP contribution is -2.50. The van der Waals surface area contributed by atoms with Gasteiger partial charge >= 0.3 is 0 Å². The van der Waals surface area contributed by atoms with Gasteiger partial charge in [0.05, 0.1) is 23.5 Å². The number of β-amino-alcohol motifs (C(OH)–C–C–N with tert-alkyl or cyclic N) is 1. The molecule has 2 aromatic rings. The molecule has 3 atom stereocenters. The second-order valence-electron chi connectivity index (χ2n) is 6.57. The van der Waals surface area contributed by atoms with Crippen LogP contribution in [0.2, 0.25) is 0 Å². The minimum absolute atomic E-state index is 0.249. The Morgan fingerprint density at radius 3 is 3.12 bits per heavy atom. The number of nitrogens with zero attached hydrogens (tertiary/aromatic N) is 2. The lowest BCUT2D eigenvalue weighted by Gasteiger charge is -2.36. The zero-order valence-electron chi connectivity index (χ0n) is 14.7. The van der Waals surface area contributed by atoms with Crippen molar-refractivity contribution in [3.05, 3.63) is 23.2 Å². The van der Waals surface area contributed by atoms with Gasteiger partial charge in [-0.25, -0.2) is 9.37 Å². The Bertz CT molecular complexity index is 696. The molecule has 1 fully saturated rings. The Labute approximate surface area is 151 Å². The lowest BCUT2D eigenvalue weighted by molar-refractivity contribution is 0.0215. The number of thiophene rings is 1. The number of nitrogens with one attached hydrogen (secondary N) is 1. The van der Waals surface area contributed by atoms with Crippen molar-refractivity contribution >= 4 is 27.2 Å². The molecule has 3 rings (SSSR count). The summed E-state index contributed by atoms with van der Waals surface area (Å²) in [5.74, 6) is 0.780. The number of hydrogen-bond donors (Lipinski definition) is 2. The van der Waals surface area contributed by atoms with Crippen LogP contribution in [0, 0.1) is 0 Å². The average molecular weight is 367 g/mol. The number of aliphatic hydroxyl groups excluding tert-OH is 1. The van der Waals surface area contributed by atoms with Crippen LogP contribution in [-0.4, -0.2) is 66.7 Å². The second kappa shape index (κ2) is 8.40. The van der Waals surface area contributed by atoms with E-state index in [4.69, 9.17) is 4.74 Å². The molecule has 1 aliphatic heterocycles. The number of alkyl halides is 1. The van der Waals surface area contributed by atoms with E-state index in [0.717, 1.165) is 23.5 Å². The zero-order chi connectivity index (χ0) is 17.8. The van der Waals surface area contributed by atoms with Crippen LogP contribution < -0.4 is 5.32 Å². The van der Waals surface area contributed by atoms with Crippen molar-refractivity contribution < 1.29 is 14.2 Å². The Morgan fingerprint density at radius 1 is 1.56 bits per heavy atom.